The molecule has 2 bridgehead atoms. The van der Waals surface area contributed by atoms with Crippen LogP contribution in [0.1, 0.15) is 57.4 Å². The van der Waals surface area contributed by atoms with Gasteiger partial charge in [-0.25, -0.2) is 0 Å². The smallest absolute Gasteiger partial charge is 0.270 e. The summed E-state index contributed by atoms with van der Waals surface area (Å²) in [4.78, 5) is 15.6. The lowest BCUT2D eigenvalue weighted by molar-refractivity contribution is 0.0698. The minimum Gasteiger partial charge on any atom is -0.463 e. The molecule has 0 radical (unpaired) electrons. The Hall–Kier alpha value is -1.97. The molecule has 1 saturated heterocycles. The lowest BCUT2D eigenvalue weighted by Gasteiger charge is -2.39. The van der Waals surface area contributed by atoms with Crippen molar-refractivity contribution in [1.82, 2.24) is 9.47 Å². The van der Waals surface area contributed by atoms with Crippen molar-refractivity contribution in [2.75, 3.05) is 6.54 Å². The van der Waals surface area contributed by atoms with Crippen LogP contribution >= 0.6 is 0 Å². The quantitative estimate of drug-likeness (QED) is 0.749. The Morgan fingerprint density at radius 1 is 1.36 bits per heavy atom. The molecule has 4 rings (SSSR count). The van der Waals surface area contributed by atoms with E-state index in [1.54, 1.807) is 6.26 Å². The zero-order valence-electron chi connectivity index (χ0n) is 15.7. The number of fused-ring (bicyclic) bond motifs is 3. The van der Waals surface area contributed by atoms with Gasteiger partial charge in [-0.3, -0.25) is 4.79 Å². The number of nitrogens with zero attached hydrogens (tertiary/aromatic N) is 2. The molecule has 25 heavy (non-hydrogen) atoms. The van der Waals surface area contributed by atoms with Gasteiger partial charge < -0.3 is 13.9 Å². The fourth-order valence-electron chi connectivity index (χ4n) is 5.41. The third-order valence-electron chi connectivity index (χ3n) is 5.94. The molecule has 1 aliphatic heterocycles. The zero-order chi connectivity index (χ0) is 17.8. The highest BCUT2D eigenvalue weighted by molar-refractivity contribution is 5.98. The summed E-state index contributed by atoms with van der Waals surface area (Å²) in [7, 11) is 0. The summed E-state index contributed by atoms with van der Waals surface area (Å²) in [5, 5.41) is 0. The molecule has 1 amide bonds. The first-order valence-electron chi connectivity index (χ1n) is 9.31. The third-order valence-corrected chi connectivity index (χ3v) is 5.94. The lowest BCUT2D eigenvalue weighted by atomic mass is 9.65. The van der Waals surface area contributed by atoms with Gasteiger partial charge in [-0.1, -0.05) is 32.9 Å². The molecule has 0 spiro atoms. The summed E-state index contributed by atoms with van der Waals surface area (Å²) < 4.78 is 7.64. The summed E-state index contributed by atoms with van der Waals surface area (Å²) in [6, 6.07) is 4.22. The molecule has 4 heteroatoms. The van der Waals surface area contributed by atoms with Gasteiger partial charge in [-0.2, -0.15) is 0 Å². The molecule has 4 nitrogen and oxygen atoms in total. The molecule has 0 N–H and O–H groups in total. The number of hydrogen-bond donors (Lipinski definition) is 0. The Kier molecular flexibility index (Phi) is 3.64. The van der Waals surface area contributed by atoms with Crippen LogP contribution in [0.25, 0.3) is 11.1 Å². The predicted molar refractivity (Wildman–Crippen MR) is 99.6 cm³/mol. The van der Waals surface area contributed by atoms with E-state index in [-0.39, 0.29) is 11.3 Å². The second-order valence-corrected chi connectivity index (χ2v) is 9.03. The van der Waals surface area contributed by atoms with Crippen LogP contribution in [-0.2, 0) is 6.54 Å². The number of likely N-dealkylation sites (tertiary alicyclic amines) is 1. The fourth-order valence-corrected chi connectivity index (χ4v) is 5.41. The summed E-state index contributed by atoms with van der Waals surface area (Å²) in [6.45, 7) is 10.6. The van der Waals surface area contributed by atoms with E-state index in [4.69, 9.17) is 4.42 Å². The van der Waals surface area contributed by atoms with Crippen LogP contribution in [0.15, 0.2) is 35.0 Å². The van der Waals surface area contributed by atoms with Gasteiger partial charge in [0.2, 0.25) is 0 Å². The number of carbonyl (C=O) groups is 1. The monoisotopic (exact) mass is 340 g/mol. The first-order valence-corrected chi connectivity index (χ1v) is 9.31. The molecule has 2 fully saturated rings. The van der Waals surface area contributed by atoms with Crippen LogP contribution in [0, 0.1) is 10.8 Å². The van der Waals surface area contributed by atoms with E-state index in [0.29, 0.717) is 18.0 Å². The highest BCUT2D eigenvalue weighted by Gasteiger charge is 2.51. The van der Waals surface area contributed by atoms with E-state index in [9.17, 15) is 4.79 Å². The van der Waals surface area contributed by atoms with Crippen LogP contribution in [0.2, 0.25) is 0 Å². The maximum absolute atomic E-state index is 13.4. The van der Waals surface area contributed by atoms with E-state index >= 15 is 0 Å². The number of aromatic nitrogens is 1. The standard InChI is InChI=1S/C21H28N2O2/c1-5-6-8-22-16-7-9-25-18(16)10-17(22)19(24)23-14-21(4)12-15(23)11-20(2,3)13-21/h5-7,9-10,15H,8,11-14H2,1-4H3/b6-5-. The number of allylic oxidation sites excluding steroid dienone is 2. The Labute approximate surface area is 149 Å². The Morgan fingerprint density at radius 3 is 2.92 bits per heavy atom. The number of furan rings is 1. The van der Waals surface area contributed by atoms with Gasteiger partial charge in [0.1, 0.15) is 5.69 Å². The largest absolute Gasteiger partial charge is 0.463 e. The van der Waals surface area contributed by atoms with Gasteiger partial charge in [0.15, 0.2) is 5.58 Å². The van der Waals surface area contributed by atoms with Crippen molar-refractivity contribution in [3.8, 4) is 0 Å². The van der Waals surface area contributed by atoms with Gasteiger partial charge >= 0.3 is 0 Å². The predicted octanol–water partition coefficient (Wildman–Crippen LogP) is 4.85. The van der Waals surface area contributed by atoms with E-state index in [0.717, 1.165) is 36.2 Å². The fraction of sp³-hybridized carbons (Fsp3) is 0.571. The number of hydrogen-bond acceptors (Lipinski definition) is 2. The molecule has 1 aliphatic carbocycles. The van der Waals surface area contributed by atoms with E-state index in [2.05, 4.69) is 36.3 Å². The third kappa shape index (κ3) is 2.72. The van der Waals surface area contributed by atoms with Crippen molar-refractivity contribution < 1.29 is 9.21 Å². The minimum absolute atomic E-state index is 0.155. The summed E-state index contributed by atoms with van der Waals surface area (Å²) in [5.74, 6) is 0.155. The van der Waals surface area contributed by atoms with Crippen LogP contribution in [0.5, 0.6) is 0 Å². The molecule has 1 saturated carbocycles. The normalized spacial score (nSPS) is 28.3. The van der Waals surface area contributed by atoms with Crippen molar-refractivity contribution in [3.05, 3.63) is 36.2 Å². The lowest BCUT2D eigenvalue weighted by Crippen LogP contribution is -2.38. The van der Waals surface area contributed by atoms with Gasteiger partial charge in [-0.15, -0.1) is 0 Å². The van der Waals surface area contributed by atoms with E-state index in [1.165, 1.54) is 6.42 Å². The SMILES string of the molecule is C/C=C\Cn1c(C(=O)N2CC3(C)CC2CC(C)(C)C3)cc2occc21. The Bertz CT molecular complexity index is 841. The molecular formula is C21H28N2O2. The van der Waals surface area contributed by atoms with Crippen LogP contribution < -0.4 is 0 Å². The summed E-state index contributed by atoms with van der Waals surface area (Å²) in [5.41, 5.74) is 3.10. The number of carbonyl (C=O) groups excluding carboxylic acids is 1. The Morgan fingerprint density at radius 2 is 2.16 bits per heavy atom. The molecule has 0 aromatic carbocycles. The molecule has 2 unspecified atom stereocenters. The molecule has 3 heterocycles. The van der Waals surface area contributed by atoms with E-state index < -0.39 is 0 Å². The average Bonchev–Trinajstić information content (AvgIpc) is 3.15. The minimum atomic E-state index is 0.155. The summed E-state index contributed by atoms with van der Waals surface area (Å²) >= 11 is 0. The topological polar surface area (TPSA) is 38.4 Å². The van der Waals surface area contributed by atoms with Gasteiger partial charge in [0, 0.05) is 31.3 Å². The second kappa shape index (κ2) is 5.52. The maximum atomic E-state index is 13.4. The number of amides is 1. The van der Waals surface area contributed by atoms with Crippen molar-refractivity contribution >= 4 is 17.0 Å². The molecule has 2 aromatic heterocycles. The van der Waals surface area contributed by atoms with Crippen LogP contribution in [-0.4, -0.2) is 28.0 Å². The number of rotatable bonds is 3. The van der Waals surface area contributed by atoms with Crippen LogP contribution in [0.3, 0.4) is 0 Å². The molecule has 2 aliphatic rings. The molecular weight excluding hydrogens is 312 g/mol. The summed E-state index contributed by atoms with van der Waals surface area (Å²) in [6.07, 6.45) is 9.22. The van der Waals surface area contributed by atoms with Gasteiger partial charge in [0.25, 0.3) is 5.91 Å². The maximum Gasteiger partial charge on any atom is 0.270 e. The van der Waals surface area contributed by atoms with Gasteiger partial charge in [0.05, 0.1) is 11.8 Å². The second-order valence-electron chi connectivity index (χ2n) is 9.03. The first-order chi connectivity index (χ1) is 11.8. The van der Waals surface area contributed by atoms with Gasteiger partial charge in [-0.05, 0) is 37.0 Å². The van der Waals surface area contributed by atoms with Crippen molar-refractivity contribution in [1.29, 1.82) is 0 Å². The Balaban J connectivity index is 1.70. The molecule has 2 atom stereocenters. The van der Waals surface area contributed by atoms with Crippen molar-refractivity contribution in [2.24, 2.45) is 10.8 Å². The average molecular weight is 340 g/mol. The zero-order valence-corrected chi connectivity index (χ0v) is 15.7. The highest BCUT2D eigenvalue weighted by Crippen LogP contribution is 2.52. The van der Waals surface area contributed by atoms with E-state index in [1.807, 2.05) is 25.1 Å². The first kappa shape index (κ1) is 16.5. The van der Waals surface area contributed by atoms with Crippen LogP contribution in [0.4, 0.5) is 0 Å². The van der Waals surface area contributed by atoms with Crippen molar-refractivity contribution in [2.45, 2.75) is 59.5 Å². The molecule has 134 valence electrons. The van der Waals surface area contributed by atoms with Crippen molar-refractivity contribution in [3.63, 3.8) is 0 Å². The molecule has 2 aromatic rings. The highest BCUT2D eigenvalue weighted by atomic mass is 16.3.